The summed E-state index contributed by atoms with van der Waals surface area (Å²) in [6, 6.07) is 5.98. The maximum Gasteiger partial charge on any atom is 0.289 e. The van der Waals surface area contributed by atoms with Crippen LogP contribution < -0.4 is 5.73 Å². The second-order valence-corrected chi connectivity index (χ2v) is 7.53. The molecule has 7 nitrogen and oxygen atoms in total. The third kappa shape index (κ3) is 3.28. The quantitative estimate of drug-likeness (QED) is 0.753. The predicted octanol–water partition coefficient (Wildman–Crippen LogP) is 2.75. The molecule has 7 heteroatoms. The number of hydrogen-bond acceptors (Lipinski definition) is 4. The van der Waals surface area contributed by atoms with Crippen molar-refractivity contribution in [3.8, 4) is 0 Å². The van der Waals surface area contributed by atoms with E-state index in [1.807, 2.05) is 36.9 Å². The maximum atomic E-state index is 13.2. The Balaban J connectivity index is 1.58. The highest BCUT2D eigenvalue weighted by molar-refractivity contribution is 5.99. The molecule has 1 atom stereocenters. The van der Waals surface area contributed by atoms with Crippen LogP contribution in [0.5, 0.6) is 0 Å². The van der Waals surface area contributed by atoms with Crippen molar-refractivity contribution in [1.82, 2.24) is 14.5 Å². The van der Waals surface area contributed by atoms with Gasteiger partial charge in [-0.15, -0.1) is 0 Å². The van der Waals surface area contributed by atoms with E-state index in [1.165, 1.54) is 0 Å². The van der Waals surface area contributed by atoms with Gasteiger partial charge in [0.1, 0.15) is 18.0 Å². The number of aromatic nitrogens is 2. The molecule has 28 heavy (non-hydrogen) atoms. The SMILES string of the molecule is Cc1ccc2c(C)c(C(=O)N3CCCC(c4nccn4CC(N)=O)C3)oc2c1. The molecule has 3 aromatic rings. The van der Waals surface area contributed by atoms with Gasteiger partial charge in [-0.3, -0.25) is 9.59 Å². The second kappa shape index (κ2) is 7.14. The molecular formula is C21H24N4O3. The molecule has 4 rings (SSSR count). The lowest BCUT2D eigenvalue weighted by Gasteiger charge is -2.32. The van der Waals surface area contributed by atoms with E-state index in [-0.39, 0.29) is 18.4 Å². The minimum atomic E-state index is -0.406. The van der Waals surface area contributed by atoms with Gasteiger partial charge in [0.2, 0.25) is 5.91 Å². The molecule has 0 bridgehead atoms. The summed E-state index contributed by atoms with van der Waals surface area (Å²) in [6.07, 6.45) is 5.22. The average molecular weight is 380 g/mol. The van der Waals surface area contributed by atoms with Crippen LogP contribution in [0.2, 0.25) is 0 Å². The molecule has 1 aliphatic rings. The van der Waals surface area contributed by atoms with Gasteiger partial charge in [-0.05, 0) is 38.3 Å². The van der Waals surface area contributed by atoms with E-state index < -0.39 is 5.91 Å². The minimum absolute atomic E-state index is 0.0685. The number of rotatable bonds is 4. The molecule has 3 heterocycles. The van der Waals surface area contributed by atoms with Crippen LogP contribution in [0.3, 0.4) is 0 Å². The van der Waals surface area contributed by atoms with Crippen LogP contribution in [0.25, 0.3) is 11.0 Å². The van der Waals surface area contributed by atoms with E-state index in [9.17, 15) is 9.59 Å². The molecule has 2 amide bonds. The molecule has 2 N–H and O–H groups in total. The minimum Gasteiger partial charge on any atom is -0.451 e. The first kappa shape index (κ1) is 18.3. The van der Waals surface area contributed by atoms with Crippen LogP contribution in [0.15, 0.2) is 35.0 Å². The van der Waals surface area contributed by atoms with Gasteiger partial charge in [0.15, 0.2) is 5.76 Å². The van der Waals surface area contributed by atoms with Gasteiger partial charge in [-0.2, -0.15) is 0 Å². The van der Waals surface area contributed by atoms with Gasteiger partial charge >= 0.3 is 0 Å². The van der Waals surface area contributed by atoms with Crippen LogP contribution in [0, 0.1) is 13.8 Å². The number of carbonyl (C=O) groups excluding carboxylic acids is 2. The summed E-state index contributed by atoms with van der Waals surface area (Å²) >= 11 is 0. The first-order valence-electron chi connectivity index (χ1n) is 9.52. The van der Waals surface area contributed by atoms with E-state index in [1.54, 1.807) is 17.0 Å². The largest absolute Gasteiger partial charge is 0.451 e. The number of fused-ring (bicyclic) bond motifs is 1. The lowest BCUT2D eigenvalue weighted by Crippen LogP contribution is -2.40. The van der Waals surface area contributed by atoms with Crippen molar-refractivity contribution in [2.45, 2.75) is 39.2 Å². The highest BCUT2D eigenvalue weighted by Gasteiger charge is 2.30. The van der Waals surface area contributed by atoms with Gasteiger partial charge in [0.05, 0.1) is 0 Å². The molecule has 1 aromatic carbocycles. The zero-order valence-electron chi connectivity index (χ0n) is 16.1. The zero-order valence-corrected chi connectivity index (χ0v) is 16.1. The topological polar surface area (TPSA) is 94.4 Å². The Kier molecular flexibility index (Phi) is 4.66. The molecule has 0 spiro atoms. The molecular weight excluding hydrogens is 356 g/mol. The Hall–Kier alpha value is -3.09. The van der Waals surface area contributed by atoms with Crippen molar-refractivity contribution in [1.29, 1.82) is 0 Å². The summed E-state index contributed by atoms with van der Waals surface area (Å²) in [5.41, 5.74) is 8.04. The molecule has 1 unspecified atom stereocenters. The van der Waals surface area contributed by atoms with Crippen LogP contribution in [0.4, 0.5) is 0 Å². The molecule has 0 saturated carbocycles. The van der Waals surface area contributed by atoms with Crippen molar-refractivity contribution in [2.75, 3.05) is 13.1 Å². The first-order chi connectivity index (χ1) is 13.4. The highest BCUT2D eigenvalue weighted by atomic mass is 16.3. The monoisotopic (exact) mass is 380 g/mol. The molecule has 0 aliphatic carbocycles. The van der Waals surface area contributed by atoms with E-state index >= 15 is 0 Å². The Morgan fingerprint density at radius 2 is 2.14 bits per heavy atom. The normalized spacial score (nSPS) is 17.2. The van der Waals surface area contributed by atoms with E-state index in [2.05, 4.69) is 4.98 Å². The van der Waals surface area contributed by atoms with Crippen molar-refractivity contribution >= 4 is 22.8 Å². The smallest absolute Gasteiger partial charge is 0.289 e. The fourth-order valence-corrected chi connectivity index (χ4v) is 4.03. The van der Waals surface area contributed by atoms with Crippen molar-refractivity contribution in [2.24, 2.45) is 5.73 Å². The van der Waals surface area contributed by atoms with Gasteiger partial charge < -0.3 is 19.6 Å². The van der Waals surface area contributed by atoms with Gasteiger partial charge in [0.25, 0.3) is 5.91 Å². The molecule has 2 aromatic heterocycles. The van der Waals surface area contributed by atoms with Gasteiger partial charge in [-0.1, -0.05) is 12.1 Å². The number of furan rings is 1. The molecule has 146 valence electrons. The van der Waals surface area contributed by atoms with Crippen LogP contribution >= 0.6 is 0 Å². The Morgan fingerprint density at radius 1 is 1.32 bits per heavy atom. The van der Waals surface area contributed by atoms with Crippen molar-refractivity contribution < 1.29 is 14.0 Å². The summed E-state index contributed by atoms with van der Waals surface area (Å²) in [5.74, 6) is 0.772. The summed E-state index contributed by atoms with van der Waals surface area (Å²) in [6.45, 7) is 5.25. The lowest BCUT2D eigenvalue weighted by atomic mass is 9.96. The third-order valence-corrected chi connectivity index (χ3v) is 5.44. The predicted molar refractivity (Wildman–Crippen MR) is 105 cm³/mol. The molecule has 1 aliphatic heterocycles. The fraction of sp³-hybridized carbons (Fsp3) is 0.381. The Morgan fingerprint density at radius 3 is 2.93 bits per heavy atom. The fourth-order valence-electron chi connectivity index (χ4n) is 4.03. The number of amides is 2. The van der Waals surface area contributed by atoms with E-state index in [4.69, 9.17) is 10.2 Å². The number of carbonyl (C=O) groups is 2. The number of likely N-dealkylation sites (tertiary alicyclic amines) is 1. The number of nitrogens with two attached hydrogens (primary N) is 1. The Labute approximate surface area is 163 Å². The number of nitrogens with zero attached hydrogens (tertiary/aromatic N) is 3. The molecule has 1 fully saturated rings. The number of benzene rings is 1. The van der Waals surface area contributed by atoms with Gasteiger partial charge in [0, 0.05) is 42.4 Å². The summed E-state index contributed by atoms with van der Waals surface area (Å²) in [7, 11) is 0. The standard InChI is InChI=1S/C21H24N4O3/c1-13-5-6-16-14(2)19(28-17(16)10-13)21(27)25-8-3-4-15(11-25)20-23-7-9-24(20)12-18(22)26/h5-7,9-10,15H,3-4,8,11-12H2,1-2H3,(H2,22,26). The molecule has 0 radical (unpaired) electrons. The number of hydrogen-bond donors (Lipinski definition) is 1. The first-order valence-corrected chi connectivity index (χ1v) is 9.52. The molecule has 1 saturated heterocycles. The third-order valence-electron chi connectivity index (χ3n) is 5.44. The number of aryl methyl sites for hydroxylation is 2. The Bertz CT molecular complexity index is 1050. The van der Waals surface area contributed by atoms with Crippen LogP contribution in [0.1, 0.15) is 46.3 Å². The zero-order chi connectivity index (χ0) is 19.8. The average Bonchev–Trinajstić information content (AvgIpc) is 3.25. The van der Waals surface area contributed by atoms with E-state index in [0.29, 0.717) is 18.8 Å². The van der Waals surface area contributed by atoms with Crippen molar-refractivity contribution in [3.05, 3.63) is 53.3 Å². The lowest BCUT2D eigenvalue weighted by molar-refractivity contribution is -0.118. The second-order valence-electron chi connectivity index (χ2n) is 7.53. The van der Waals surface area contributed by atoms with Crippen LogP contribution in [-0.4, -0.2) is 39.4 Å². The summed E-state index contributed by atoms with van der Waals surface area (Å²) < 4.78 is 7.70. The maximum absolute atomic E-state index is 13.2. The van der Waals surface area contributed by atoms with Crippen molar-refractivity contribution in [3.63, 3.8) is 0 Å². The number of primary amides is 1. The number of piperidine rings is 1. The van der Waals surface area contributed by atoms with E-state index in [0.717, 1.165) is 40.8 Å². The highest BCUT2D eigenvalue weighted by Crippen LogP contribution is 2.30. The summed E-state index contributed by atoms with van der Waals surface area (Å²) in [4.78, 5) is 30.7. The van der Waals surface area contributed by atoms with Crippen LogP contribution in [-0.2, 0) is 11.3 Å². The van der Waals surface area contributed by atoms with Gasteiger partial charge in [-0.25, -0.2) is 4.98 Å². The number of imidazole rings is 1. The summed E-state index contributed by atoms with van der Waals surface area (Å²) in [5, 5.41) is 0.972.